The minimum atomic E-state index is -1.48. The topological polar surface area (TPSA) is 95.6 Å². The molecule has 4 aromatic rings. The van der Waals surface area contributed by atoms with Crippen molar-refractivity contribution in [1.29, 1.82) is 0 Å². The van der Waals surface area contributed by atoms with Crippen LogP contribution < -0.4 is 10.3 Å². The molecule has 2 aromatic carbocycles. The van der Waals surface area contributed by atoms with Crippen LogP contribution in [0.4, 0.5) is 4.39 Å². The number of aryl methyl sites for hydroxylation is 1. The van der Waals surface area contributed by atoms with Gasteiger partial charge in [0.05, 0.1) is 24.1 Å². The summed E-state index contributed by atoms with van der Waals surface area (Å²) >= 11 is 0. The first kappa shape index (κ1) is 26.6. The average molecular weight is 534 g/mol. The minimum absolute atomic E-state index is 0.156. The molecule has 9 heteroatoms. The summed E-state index contributed by atoms with van der Waals surface area (Å²) in [5, 5.41) is 15.4. The van der Waals surface area contributed by atoms with Crippen molar-refractivity contribution in [3.8, 4) is 28.0 Å². The zero-order valence-electron chi connectivity index (χ0n) is 23.0. The number of carboxylic acids is 1. The van der Waals surface area contributed by atoms with E-state index in [1.165, 1.54) is 17.7 Å². The number of aromatic nitrogens is 3. The third kappa shape index (κ3) is 4.71. The maximum Gasteiger partial charge on any atom is 0.339 e. The van der Waals surface area contributed by atoms with Crippen LogP contribution in [0.5, 0.6) is 5.75 Å². The van der Waals surface area contributed by atoms with Gasteiger partial charge in [0.1, 0.15) is 0 Å². The van der Waals surface area contributed by atoms with Crippen LogP contribution in [0.3, 0.4) is 0 Å². The lowest BCUT2D eigenvalue weighted by Crippen LogP contribution is -2.33. The lowest BCUT2D eigenvalue weighted by atomic mass is 9.87. The molecule has 0 bridgehead atoms. The van der Waals surface area contributed by atoms with E-state index in [0.717, 1.165) is 28.7 Å². The quantitative estimate of drug-likeness (QED) is 0.373. The highest BCUT2D eigenvalue weighted by atomic mass is 19.1. The maximum absolute atomic E-state index is 15.5. The molecular formula is C30H32FN3O5. The summed E-state index contributed by atoms with van der Waals surface area (Å²) in [6.45, 7) is 7.58. The molecule has 2 aromatic heterocycles. The largest absolute Gasteiger partial charge is 0.490 e. The van der Waals surface area contributed by atoms with Gasteiger partial charge < -0.3 is 19.1 Å². The van der Waals surface area contributed by atoms with Gasteiger partial charge in [-0.15, -0.1) is 0 Å². The highest BCUT2D eigenvalue weighted by molar-refractivity contribution is 6.01. The number of aliphatic carboxylic acids is 1. The Morgan fingerprint density at radius 3 is 2.56 bits per heavy atom. The monoisotopic (exact) mass is 533 g/mol. The predicted molar refractivity (Wildman–Crippen MR) is 147 cm³/mol. The van der Waals surface area contributed by atoms with Crippen molar-refractivity contribution in [2.75, 3.05) is 6.61 Å². The number of carbonyl (C=O) groups is 1. The molecule has 204 valence electrons. The summed E-state index contributed by atoms with van der Waals surface area (Å²) in [5.74, 6) is -1.53. The zero-order chi connectivity index (χ0) is 28.2. The van der Waals surface area contributed by atoms with Crippen molar-refractivity contribution in [3.05, 3.63) is 69.7 Å². The van der Waals surface area contributed by atoms with Crippen LogP contribution in [-0.4, -0.2) is 37.6 Å². The number of hydrogen-bond acceptors (Lipinski definition) is 5. The van der Waals surface area contributed by atoms with Crippen molar-refractivity contribution in [2.24, 2.45) is 14.1 Å². The van der Waals surface area contributed by atoms with E-state index in [2.05, 4.69) is 5.10 Å². The van der Waals surface area contributed by atoms with Gasteiger partial charge in [-0.1, -0.05) is 12.1 Å². The van der Waals surface area contributed by atoms with Gasteiger partial charge in [-0.25, -0.2) is 9.18 Å². The molecule has 39 heavy (non-hydrogen) atoms. The lowest BCUT2D eigenvalue weighted by molar-refractivity contribution is -0.161. The van der Waals surface area contributed by atoms with Crippen LogP contribution in [0, 0.1) is 12.7 Å². The zero-order valence-corrected chi connectivity index (χ0v) is 23.0. The first-order valence-corrected chi connectivity index (χ1v) is 12.9. The van der Waals surface area contributed by atoms with E-state index in [4.69, 9.17) is 9.47 Å². The molecule has 0 radical (unpaired) electrons. The molecule has 3 heterocycles. The average Bonchev–Trinajstić information content (AvgIpc) is 3.32. The predicted octanol–water partition coefficient (Wildman–Crippen LogP) is 5.32. The normalized spacial score (nSPS) is 14.2. The molecule has 1 aliphatic rings. The van der Waals surface area contributed by atoms with Gasteiger partial charge in [-0.05, 0) is 74.7 Å². The highest BCUT2D eigenvalue weighted by Gasteiger charge is 2.34. The Morgan fingerprint density at radius 1 is 1.18 bits per heavy atom. The van der Waals surface area contributed by atoms with Crippen LogP contribution in [0.2, 0.25) is 0 Å². The van der Waals surface area contributed by atoms with Crippen LogP contribution in [0.25, 0.3) is 33.0 Å². The molecule has 0 saturated heterocycles. The molecule has 1 atom stereocenters. The summed E-state index contributed by atoms with van der Waals surface area (Å²) in [6.07, 6.45) is 3.46. The van der Waals surface area contributed by atoms with Crippen molar-refractivity contribution >= 4 is 16.7 Å². The second kappa shape index (κ2) is 9.64. The molecule has 0 saturated carbocycles. The van der Waals surface area contributed by atoms with Gasteiger partial charge in [-0.2, -0.15) is 5.10 Å². The SMILES string of the molecule is Cc1c(-c2c([C@H](OC(C)(C)C)C(=O)O)n(C)c(=O)c3cc(-c4cnn(C)c4)ccc23)cc(F)c2c1CCCO2. The van der Waals surface area contributed by atoms with Crippen LogP contribution in [-0.2, 0) is 30.0 Å². The van der Waals surface area contributed by atoms with Crippen molar-refractivity contribution in [3.63, 3.8) is 0 Å². The highest BCUT2D eigenvalue weighted by Crippen LogP contribution is 2.43. The molecule has 0 spiro atoms. The number of fused-ring (bicyclic) bond motifs is 2. The Hall–Kier alpha value is -3.98. The smallest absolute Gasteiger partial charge is 0.339 e. The first-order valence-electron chi connectivity index (χ1n) is 12.9. The van der Waals surface area contributed by atoms with E-state index in [-0.39, 0.29) is 17.0 Å². The van der Waals surface area contributed by atoms with E-state index in [0.29, 0.717) is 34.9 Å². The molecule has 8 nitrogen and oxygen atoms in total. The third-order valence-electron chi connectivity index (χ3n) is 7.13. The number of pyridine rings is 1. The number of halogens is 1. The molecule has 0 fully saturated rings. The standard InChI is InChI=1S/C30H32FN3O5/c1-16-19-8-7-11-38-26(19)23(31)13-21(16)24-20-10-9-17(18-14-32-33(5)15-18)12-22(20)28(35)34(6)25(24)27(29(36)37)39-30(2,3)4/h9-10,12-15,27H,7-8,11H2,1-6H3,(H,36,37)/t27-/m0/s1. The van der Waals surface area contributed by atoms with Crippen LogP contribution in [0.15, 0.2) is 41.5 Å². The summed E-state index contributed by atoms with van der Waals surface area (Å²) < 4.78 is 30.1. The van der Waals surface area contributed by atoms with E-state index in [9.17, 15) is 14.7 Å². The van der Waals surface area contributed by atoms with E-state index < -0.39 is 23.5 Å². The van der Waals surface area contributed by atoms with Gasteiger partial charge in [-0.3, -0.25) is 9.48 Å². The molecule has 5 rings (SSSR count). The van der Waals surface area contributed by atoms with Crippen molar-refractivity contribution in [1.82, 2.24) is 14.3 Å². The fourth-order valence-electron chi connectivity index (χ4n) is 5.37. The number of ether oxygens (including phenoxy) is 2. The number of hydrogen-bond donors (Lipinski definition) is 1. The van der Waals surface area contributed by atoms with E-state index in [1.807, 2.05) is 26.2 Å². The fourth-order valence-corrected chi connectivity index (χ4v) is 5.37. The van der Waals surface area contributed by atoms with Crippen molar-refractivity contribution < 1.29 is 23.8 Å². The summed E-state index contributed by atoms with van der Waals surface area (Å²) in [6, 6.07) is 6.81. The van der Waals surface area contributed by atoms with Gasteiger partial charge in [0.2, 0.25) is 0 Å². The maximum atomic E-state index is 15.5. The molecular weight excluding hydrogens is 501 g/mol. The number of carboxylic acid groups (broad SMARTS) is 1. The number of nitrogens with zero attached hydrogens (tertiary/aromatic N) is 3. The number of benzene rings is 2. The van der Waals surface area contributed by atoms with Gasteiger partial charge in [0.15, 0.2) is 17.7 Å². The molecule has 0 amide bonds. The Balaban J connectivity index is 1.90. The first-order chi connectivity index (χ1) is 18.4. The Kier molecular flexibility index (Phi) is 6.58. The molecule has 0 aliphatic carbocycles. The van der Waals surface area contributed by atoms with Gasteiger partial charge in [0, 0.05) is 42.4 Å². The molecule has 1 N–H and O–H groups in total. The Labute approximate surface area is 225 Å². The second-order valence-corrected chi connectivity index (χ2v) is 11.0. The molecule has 1 aliphatic heterocycles. The summed E-state index contributed by atoms with van der Waals surface area (Å²) in [4.78, 5) is 26.4. The van der Waals surface area contributed by atoms with Gasteiger partial charge in [0.25, 0.3) is 5.56 Å². The van der Waals surface area contributed by atoms with E-state index in [1.54, 1.807) is 43.8 Å². The van der Waals surface area contributed by atoms with Gasteiger partial charge >= 0.3 is 5.97 Å². The summed E-state index contributed by atoms with van der Waals surface area (Å²) in [5.41, 5.74) is 3.05. The number of rotatable bonds is 5. The second-order valence-electron chi connectivity index (χ2n) is 11.0. The van der Waals surface area contributed by atoms with Crippen LogP contribution >= 0.6 is 0 Å². The van der Waals surface area contributed by atoms with E-state index >= 15 is 4.39 Å². The summed E-state index contributed by atoms with van der Waals surface area (Å²) in [7, 11) is 3.35. The Bertz CT molecular complexity index is 1680. The van der Waals surface area contributed by atoms with Crippen molar-refractivity contribution in [2.45, 2.75) is 52.2 Å². The third-order valence-corrected chi connectivity index (χ3v) is 7.13. The lowest BCUT2D eigenvalue weighted by Gasteiger charge is -2.29. The molecule has 0 unspecified atom stereocenters. The van der Waals surface area contributed by atoms with Crippen LogP contribution in [0.1, 0.15) is 50.1 Å². The fraction of sp³-hybridized carbons (Fsp3) is 0.367. The Morgan fingerprint density at radius 2 is 1.92 bits per heavy atom. The minimum Gasteiger partial charge on any atom is -0.490 e.